The highest BCUT2D eigenvalue weighted by Crippen LogP contribution is 2.56. The fraction of sp³-hybridized carbons (Fsp3) is 0.176. The number of benzene rings is 4. The average molecular weight is 475 g/mol. The van der Waals surface area contributed by atoms with Gasteiger partial charge in [0.25, 0.3) is 0 Å². The molecule has 0 bridgehead atoms. The average Bonchev–Trinajstić information content (AvgIpc) is 3.59. The molecule has 1 aliphatic rings. The summed E-state index contributed by atoms with van der Waals surface area (Å²) in [5.74, 6) is 0. The van der Waals surface area contributed by atoms with Crippen molar-refractivity contribution in [3.63, 3.8) is 0 Å². The van der Waals surface area contributed by atoms with Crippen molar-refractivity contribution in [1.29, 1.82) is 0 Å². The van der Waals surface area contributed by atoms with Gasteiger partial charge in [0.15, 0.2) is 0 Å². The van der Waals surface area contributed by atoms with E-state index >= 15 is 0 Å². The van der Waals surface area contributed by atoms with Crippen molar-refractivity contribution in [2.24, 2.45) is 0 Å². The summed E-state index contributed by atoms with van der Waals surface area (Å²) in [6, 6.07) is 17.3. The normalized spacial score (nSPS) is 18.8. The lowest BCUT2D eigenvalue weighted by Crippen LogP contribution is -2.38. The Balaban J connectivity index is 1.81. The Bertz CT molecular complexity index is 2040. The van der Waals surface area contributed by atoms with Crippen LogP contribution in [0.5, 0.6) is 0 Å². The summed E-state index contributed by atoms with van der Waals surface area (Å²) in [6.07, 6.45) is 0. The third kappa shape index (κ3) is 2.62. The first-order chi connectivity index (χ1) is 20.7. The van der Waals surface area contributed by atoms with E-state index in [1.165, 1.54) is 0 Å². The highest BCUT2D eigenvalue weighted by Gasteiger charge is 2.49. The van der Waals surface area contributed by atoms with Crippen LogP contribution in [-0.4, -0.2) is 9.13 Å². The largest absolute Gasteiger partial charge is 0.312 e. The van der Waals surface area contributed by atoms with Gasteiger partial charge in [-0.25, -0.2) is 0 Å². The topological polar surface area (TPSA) is 9.86 Å². The van der Waals surface area contributed by atoms with E-state index in [4.69, 9.17) is 11.0 Å². The maximum atomic E-state index is 9.16. The van der Waals surface area contributed by atoms with Crippen LogP contribution >= 0.6 is 0 Å². The zero-order valence-electron chi connectivity index (χ0n) is 28.7. The fourth-order valence-electron chi connectivity index (χ4n) is 6.30. The molecule has 2 aromatic heterocycles. The van der Waals surface area contributed by atoms with E-state index in [2.05, 4.69) is 0 Å². The summed E-state index contributed by atoms with van der Waals surface area (Å²) >= 11 is 0. The second-order valence-electron chi connectivity index (χ2n) is 10.5. The van der Waals surface area contributed by atoms with Crippen molar-refractivity contribution >= 4 is 21.8 Å². The van der Waals surface area contributed by atoms with E-state index < -0.39 is 10.8 Å². The molecule has 0 fully saturated rings. The number of aromatic nitrogens is 2. The molecule has 176 valence electrons. The van der Waals surface area contributed by atoms with Crippen molar-refractivity contribution in [2.75, 3.05) is 0 Å². The van der Waals surface area contributed by atoms with Crippen LogP contribution in [0.3, 0.4) is 0 Å². The lowest BCUT2D eigenvalue weighted by Gasteiger charge is -2.42. The minimum atomic E-state index is -0.908. The number of fused-ring (bicyclic) bond motifs is 6. The van der Waals surface area contributed by atoms with Gasteiger partial charge in [-0.3, -0.25) is 0 Å². The third-order valence-corrected chi connectivity index (χ3v) is 7.67. The Labute approximate surface area is 223 Å². The molecule has 0 saturated heterocycles. The van der Waals surface area contributed by atoms with Gasteiger partial charge in [0.2, 0.25) is 0 Å². The zero-order chi connectivity index (χ0) is 31.6. The molecular formula is C34H30N2. The van der Waals surface area contributed by atoms with Crippen molar-refractivity contribution in [1.82, 2.24) is 9.13 Å². The molecule has 0 saturated carbocycles. The first kappa shape index (κ1) is 14.5. The molecular weight excluding hydrogens is 436 g/mol. The van der Waals surface area contributed by atoms with Crippen molar-refractivity contribution in [3.8, 4) is 11.4 Å². The smallest absolute Gasteiger partial charge is 0.0645 e. The first-order valence-electron chi connectivity index (χ1n) is 16.2. The number of hydrogen-bond acceptors (Lipinski definition) is 0. The molecule has 2 nitrogen and oxygen atoms in total. The van der Waals surface area contributed by atoms with Gasteiger partial charge in [-0.2, -0.15) is 0 Å². The molecule has 0 radical (unpaired) electrons. The van der Waals surface area contributed by atoms with Crippen LogP contribution in [0.2, 0.25) is 0 Å². The second kappa shape index (κ2) is 7.24. The minimum absolute atomic E-state index is 0.120. The third-order valence-electron chi connectivity index (χ3n) is 7.67. The summed E-state index contributed by atoms with van der Waals surface area (Å²) in [5.41, 5.74) is 3.46. The maximum Gasteiger partial charge on any atom is 0.0645 e. The Morgan fingerprint density at radius 2 is 0.889 bits per heavy atom. The van der Waals surface area contributed by atoms with Gasteiger partial charge in [-0.1, -0.05) is 100 Å². The van der Waals surface area contributed by atoms with Crippen LogP contribution in [0.15, 0.2) is 109 Å². The molecule has 4 aromatic carbocycles. The SMILES string of the molecule is [2H]c1c([2H])c([2H])c2c(c1[2H])c1c(n2-c2ccccc2)C(C)(C)c2c(n(-c3ccccc3)c3c([2H])c([2H])c([2H])c([2H])c23)C1(C)C. The van der Waals surface area contributed by atoms with Gasteiger partial charge < -0.3 is 9.13 Å². The zero-order valence-corrected chi connectivity index (χ0v) is 20.7. The fourth-order valence-corrected chi connectivity index (χ4v) is 6.30. The highest BCUT2D eigenvalue weighted by atomic mass is 15.1. The molecule has 6 aromatic rings. The van der Waals surface area contributed by atoms with Crippen LogP contribution in [-0.2, 0) is 10.8 Å². The van der Waals surface area contributed by atoms with Gasteiger partial charge >= 0.3 is 0 Å². The molecule has 0 aliphatic heterocycles. The standard InChI is InChI=1S/C34H30N2/c1-33(2)29-25-19-11-13-21-27(25)36(24-17-9-6-10-18-24)32(29)34(3,4)30-26-20-12-14-22-28(26)35(31(30)33)23-15-7-5-8-16-23/h5-22H,1-4H3/i11D,12D,13D,14D,19D,20D,21D,22D. The molecule has 0 atom stereocenters. The quantitative estimate of drug-likeness (QED) is 0.238. The van der Waals surface area contributed by atoms with Crippen molar-refractivity contribution < 1.29 is 11.0 Å². The summed E-state index contributed by atoms with van der Waals surface area (Å²) in [6.45, 7) is 8.07. The Morgan fingerprint density at radius 1 is 0.528 bits per heavy atom. The predicted molar refractivity (Wildman–Crippen MR) is 151 cm³/mol. The molecule has 2 heterocycles. The maximum absolute atomic E-state index is 9.16. The summed E-state index contributed by atoms with van der Waals surface area (Å²) in [5, 5.41) is 0.867. The lowest BCUT2D eigenvalue weighted by molar-refractivity contribution is 0.494. The summed E-state index contributed by atoms with van der Waals surface area (Å²) < 4.78 is 74.8. The number of para-hydroxylation sites is 4. The van der Waals surface area contributed by atoms with E-state index in [9.17, 15) is 0 Å². The number of hydrogen-bond donors (Lipinski definition) is 0. The molecule has 0 unspecified atom stereocenters. The van der Waals surface area contributed by atoms with E-state index in [-0.39, 0.29) is 48.3 Å². The lowest BCUT2D eigenvalue weighted by atomic mass is 9.63. The Morgan fingerprint density at radius 3 is 1.28 bits per heavy atom. The molecule has 0 amide bonds. The van der Waals surface area contributed by atoms with Crippen molar-refractivity contribution in [2.45, 2.75) is 38.5 Å². The Hall–Kier alpha value is -4.04. The van der Waals surface area contributed by atoms with E-state index in [0.29, 0.717) is 21.8 Å². The second-order valence-corrected chi connectivity index (χ2v) is 10.5. The highest BCUT2D eigenvalue weighted by molar-refractivity contribution is 5.96. The predicted octanol–water partition coefficient (Wildman–Crippen LogP) is 8.54. The van der Waals surface area contributed by atoms with Crippen LogP contribution in [0.25, 0.3) is 33.2 Å². The molecule has 1 aliphatic carbocycles. The van der Waals surface area contributed by atoms with Gasteiger partial charge in [-0.15, -0.1) is 0 Å². The van der Waals surface area contributed by atoms with E-state index in [0.717, 1.165) is 33.9 Å². The van der Waals surface area contributed by atoms with E-state index in [1.54, 1.807) is 0 Å². The Kier molecular flexibility index (Phi) is 2.92. The molecule has 36 heavy (non-hydrogen) atoms. The van der Waals surface area contributed by atoms with Gasteiger partial charge in [-0.05, 0) is 47.5 Å². The molecule has 0 spiro atoms. The first-order valence-corrected chi connectivity index (χ1v) is 12.2. The van der Waals surface area contributed by atoms with Crippen molar-refractivity contribution in [3.05, 3.63) is 132 Å². The summed E-state index contributed by atoms with van der Waals surface area (Å²) in [4.78, 5) is 0. The molecule has 0 N–H and O–H groups in total. The number of nitrogens with zero attached hydrogens (tertiary/aromatic N) is 2. The van der Waals surface area contributed by atoms with Gasteiger partial charge in [0.05, 0.1) is 22.0 Å². The minimum Gasteiger partial charge on any atom is -0.312 e. The van der Waals surface area contributed by atoms with Crippen LogP contribution in [0.1, 0.15) is 61.2 Å². The van der Waals surface area contributed by atoms with Gasteiger partial charge in [0, 0.05) is 44.4 Å². The van der Waals surface area contributed by atoms with Crippen LogP contribution in [0.4, 0.5) is 0 Å². The van der Waals surface area contributed by atoms with Crippen LogP contribution in [0, 0.1) is 0 Å². The van der Waals surface area contributed by atoms with Crippen LogP contribution < -0.4 is 0 Å². The monoisotopic (exact) mass is 474 g/mol. The van der Waals surface area contributed by atoms with Gasteiger partial charge in [0.1, 0.15) is 0 Å². The molecule has 2 heteroatoms. The summed E-state index contributed by atoms with van der Waals surface area (Å²) in [7, 11) is 0. The molecule has 7 rings (SSSR count). The van der Waals surface area contributed by atoms with E-state index in [1.807, 2.05) is 97.5 Å². The number of rotatable bonds is 2.